The van der Waals surface area contributed by atoms with Crippen LogP contribution in [0.4, 0.5) is 0 Å². The molecule has 0 radical (unpaired) electrons. The van der Waals surface area contributed by atoms with Gasteiger partial charge in [0.05, 0.1) is 5.92 Å². The maximum Gasteiger partial charge on any atom is 0.225 e. The van der Waals surface area contributed by atoms with E-state index in [1.54, 1.807) is 0 Å². The number of β-lactam (4-membered cyclic amide) rings is 1. The zero-order chi connectivity index (χ0) is 6.97. The van der Waals surface area contributed by atoms with Gasteiger partial charge in [-0.3, -0.25) is 4.79 Å². The van der Waals surface area contributed by atoms with Gasteiger partial charge in [0.2, 0.25) is 5.91 Å². The molecule has 1 N–H and O–H groups in total. The van der Waals surface area contributed by atoms with Crippen molar-refractivity contribution >= 4 is 5.91 Å². The predicted octanol–water partition coefficient (Wildman–Crippen LogP) is 1.07. The monoisotopic (exact) mass is 139 g/mol. The minimum atomic E-state index is 0.298. The van der Waals surface area contributed by atoms with Crippen LogP contribution in [0, 0.1) is 5.92 Å². The van der Waals surface area contributed by atoms with E-state index in [2.05, 4.69) is 5.32 Å². The van der Waals surface area contributed by atoms with Crippen molar-refractivity contribution in [3.63, 3.8) is 0 Å². The van der Waals surface area contributed by atoms with Gasteiger partial charge < -0.3 is 5.32 Å². The molecule has 2 atom stereocenters. The van der Waals surface area contributed by atoms with Gasteiger partial charge in [0.25, 0.3) is 0 Å². The van der Waals surface area contributed by atoms with Crippen LogP contribution in [-0.4, -0.2) is 11.9 Å². The molecule has 1 amide bonds. The molecule has 2 rings (SSSR count). The summed E-state index contributed by atoms with van der Waals surface area (Å²) < 4.78 is 0. The van der Waals surface area contributed by atoms with Crippen molar-refractivity contribution in [2.75, 3.05) is 0 Å². The number of fused-ring (bicyclic) bond motifs is 1. The number of rotatable bonds is 0. The second kappa shape index (κ2) is 2.26. The lowest BCUT2D eigenvalue weighted by molar-refractivity contribution is -0.135. The van der Waals surface area contributed by atoms with Crippen molar-refractivity contribution in [1.82, 2.24) is 5.32 Å². The molecule has 1 saturated heterocycles. The number of carbonyl (C=O) groups excluding carboxylic acids is 1. The standard InChI is InChI=1S/C8H13NO/c10-8-6-4-2-1-3-5-7(6)9-8/h6-7H,1-5H2,(H,9,10)/t6-,7+/m0/s1. The van der Waals surface area contributed by atoms with E-state index in [1.807, 2.05) is 0 Å². The predicted molar refractivity (Wildman–Crippen MR) is 38.5 cm³/mol. The lowest BCUT2D eigenvalue weighted by atomic mass is 9.87. The highest BCUT2D eigenvalue weighted by Crippen LogP contribution is 2.29. The van der Waals surface area contributed by atoms with Crippen LogP contribution < -0.4 is 5.32 Å². The van der Waals surface area contributed by atoms with Crippen LogP contribution in [0.15, 0.2) is 0 Å². The highest BCUT2D eigenvalue weighted by Gasteiger charge is 2.38. The summed E-state index contributed by atoms with van der Waals surface area (Å²) in [5.41, 5.74) is 0. The molecule has 0 unspecified atom stereocenters. The molecule has 0 bridgehead atoms. The molecular formula is C8H13NO. The van der Waals surface area contributed by atoms with Gasteiger partial charge in [-0.25, -0.2) is 0 Å². The van der Waals surface area contributed by atoms with Crippen LogP contribution in [-0.2, 0) is 4.79 Å². The minimum Gasteiger partial charge on any atom is -0.352 e. The number of nitrogens with one attached hydrogen (secondary N) is 1. The largest absolute Gasteiger partial charge is 0.352 e. The smallest absolute Gasteiger partial charge is 0.225 e. The summed E-state index contributed by atoms with van der Waals surface area (Å²) >= 11 is 0. The molecule has 0 aromatic heterocycles. The SMILES string of the molecule is O=C1N[C@@H]2CCCCC[C@H]12. The van der Waals surface area contributed by atoms with E-state index in [-0.39, 0.29) is 0 Å². The van der Waals surface area contributed by atoms with Crippen LogP contribution in [0.2, 0.25) is 0 Å². The molecule has 0 aromatic rings. The van der Waals surface area contributed by atoms with Crippen molar-refractivity contribution in [3.8, 4) is 0 Å². The highest BCUT2D eigenvalue weighted by atomic mass is 16.2. The van der Waals surface area contributed by atoms with E-state index in [4.69, 9.17) is 0 Å². The molecule has 2 nitrogen and oxygen atoms in total. The Morgan fingerprint density at radius 2 is 2.00 bits per heavy atom. The van der Waals surface area contributed by atoms with Gasteiger partial charge in [-0.1, -0.05) is 19.3 Å². The normalized spacial score (nSPS) is 39.0. The zero-order valence-corrected chi connectivity index (χ0v) is 6.10. The molecule has 1 saturated carbocycles. The number of hydrogen-bond acceptors (Lipinski definition) is 1. The van der Waals surface area contributed by atoms with Crippen molar-refractivity contribution in [2.45, 2.75) is 38.1 Å². The Hall–Kier alpha value is -0.530. The summed E-state index contributed by atoms with van der Waals surface area (Å²) in [5.74, 6) is 0.689. The van der Waals surface area contributed by atoms with Gasteiger partial charge in [-0.05, 0) is 12.8 Å². The first kappa shape index (κ1) is 6.20. The second-order valence-electron chi connectivity index (χ2n) is 3.36. The van der Waals surface area contributed by atoms with Gasteiger partial charge in [-0.2, -0.15) is 0 Å². The Kier molecular flexibility index (Phi) is 1.40. The van der Waals surface area contributed by atoms with E-state index in [9.17, 15) is 4.79 Å². The Morgan fingerprint density at radius 1 is 1.20 bits per heavy atom. The van der Waals surface area contributed by atoms with Crippen molar-refractivity contribution in [1.29, 1.82) is 0 Å². The fraction of sp³-hybridized carbons (Fsp3) is 0.875. The molecule has 0 spiro atoms. The minimum absolute atomic E-state index is 0.298. The molecule has 10 heavy (non-hydrogen) atoms. The van der Waals surface area contributed by atoms with Gasteiger partial charge in [0, 0.05) is 6.04 Å². The van der Waals surface area contributed by atoms with Crippen molar-refractivity contribution < 1.29 is 4.79 Å². The summed E-state index contributed by atoms with van der Waals surface area (Å²) in [6, 6.07) is 0.551. The Balaban J connectivity index is 1.99. The summed E-state index contributed by atoms with van der Waals surface area (Å²) in [7, 11) is 0. The maximum absolute atomic E-state index is 10.9. The topological polar surface area (TPSA) is 29.1 Å². The van der Waals surface area contributed by atoms with E-state index in [0.717, 1.165) is 6.42 Å². The summed E-state index contributed by atoms with van der Waals surface area (Å²) in [5, 5.41) is 2.95. The third kappa shape index (κ3) is 0.825. The van der Waals surface area contributed by atoms with E-state index in [1.165, 1.54) is 25.7 Å². The van der Waals surface area contributed by atoms with Gasteiger partial charge in [0.1, 0.15) is 0 Å². The molecule has 1 aliphatic carbocycles. The first-order valence-corrected chi connectivity index (χ1v) is 4.18. The number of hydrogen-bond donors (Lipinski definition) is 1. The molecule has 2 aliphatic rings. The first-order chi connectivity index (χ1) is 4.88. The molecule has 0 aromatic carbocycles. The van der Waals surface area contributed by atoms with Crippen LogP contribution in [0.1, 0.15) is 32.1 Å². The average molecular weight is 139 g/mol. The molecular weight excluding hydrogens is 126 g/mol. The van der Waals surface area contributed by atoms with Gasteiger partial charge in [0.15, 0.2) is 0 Å². The van der Waals surface area contributed by atoms with E-state index >= 15 is 0 Å². The summed E-state index contributed by atoms with van der Waals surface area (Å²) in [4.78, 5) is 10.9. The van der Waals surface area contributed by atoms with E-state index in [0.29, 0.717) is 17.9 Å². The molecule has 2 heteroatoms. The van der Waals surface area contributed by atoms with Gasteiger partial charge in [-0.15, -0.1) is 0 Å². The number of carbonyl (C=O) groups is 1. The van der Waals surface area contributed by atoms with Crippen LogP contribution in [0.25, 0.3) is 0 Å². The summed E-state index contributed by atoms with van der Waals surface area (Å²) in [6.07, 6.45) is 6.24. The third-order valence-electron chi connectivity index (χ3n) is 2.68. The fourth-order valence-corrected chi connectivity index (χ4v) is 1.99. The lowest BCUT2D eigenvalue weighted by Gasteiger charge is -2.35. The van der Waals surface area contributed by atoms with Crippen LogP contribution in [0.3, 0.4) is 0 Å². The quantitative estimate of drug-likeness (QED) is 0.500. The molecule has 1 heterocycles. The molecule has 2 fully saturated rings. The Bertz CT molecular complexity index is 155. The van der Waals surface area contributed by atoms with Crippen molar-refractivity contribution in [3.05, 3.63) is 0 Å². The van der Waals surface area contributed by atoms with E-state index < -0.39 is 0 Å². The van der Waals surface area contributed by atoms with Crippen molar-refractivity contribution in [2.24, 2.45) is 5.92 Å². The fourth-order valence-electron chi connectivity index (χ4n) is 1.99. The van der Waals surface area contributed by atoms with Gasteiger partial charge >= 0.3 is 0 Å². The highest BCUT2D eigenvalue weighted by molar-refractivity contribution is 5.85. The first-order valence-electron chi connectivity index (χ1n) is 4.18. The number of amides is 1. The lowest BCUT2D eigenvalue weighted by Crippen LogP contribution is -2.57. The summed E-state index contributed by atoms with van der Waals surface area (Å²) in [6.45, 7) is 0. The molecule has 56 valence electrons. The third-order valence-corrected chi connectivity index (χ3v) is 2.68. The van der Waals surface area contributed by atoms with Crippen LogP contribution >= 0.6 is 0 Å². The Labute approximate surface area is 61.0 Å². The van der Waals surface area contributed by atoms with Crippen LogP contribution in [0.5, 0.6) is 0 Å². The Morgan fingerprint density at radius 3 is 2.80 bits per heavy atom. The maximum atomic E-state index is 10.9. The second-order valence-corrected chi connectivity index (χ2v) is 3.36. The zero-order valence-electron chi connectivity index (χ0n) is 6.10. The average Bonchev–Trinajstić information content (AvgIpc) is 2.09. The molecule has 1 aliphatic heterocycles.